The van der Waals surface area contributed by atoms with E-state index in [1.165, 1.54) is 12.4 Å². The minimum Gasteiger partial charge on any atom is -0.491 e. The van der Waals surface area contributed by atoms with E-state index >= 15 is 0 Å². The molecule has 0 fully saturated rings. The number of carbonyl (C=O) groups excluding carboxylic acids is 1. The fourth-order valence-corrected chi connectivity index (χ4v) is 3.73. The minimum absolute atomic E-state index is 0.0214. The van der Waals surface area contributed by atoms with Crippen LogP contribution in [-0.4, -0.2) is 28.9 Å². The van der Waals surface area contributed by atoms with Crippen LogP contribution < -0.4 is 10.1 Å². The van der Waals surface area contributed by atoms with Crippen LogP contribution in [0.1, 0.15) is 41.9 Å². The number of ether oxygens (including phenoxy) is 1. The minimum atomic E-state index is -0.599. The fourth-order valence-electron chi connectivity index (χ4n) is 3.73. The SMILES string of the molecule is CC(C)(CC(=O)c1cccc2c1OCCNC2)c1ncnc2c(F)cccc12. The first-order chi connectivity index (χ1) is 13.5. The number of fused-ring (bicyclic) bond motifs is 2. The highest BCUT2D eigenvalue weighted by Gasteiger charge is 2.30. The number of para-hydroxylation sites is 2. The molecule has 1 N–H and O–H groups in total. The lowest BCUT2D eigenvalue weighted by atomic mass is 9.80. The maximum atomic E-state index is 14.1. The molecule has 5 nitrogen and oxygen atoms in total. The van der Waals surface area contributed by atoms with E-state index in [1.54, 1.807) is 18.2 Å². The van der Waals surface area contributed by atoms with E-state index < -0.39 is 11.2 Å². The molecule has 144 valence electrons. The Morgan fingerprint density at radius 2 is 2.04 bits per heavy atom. The Bertz CT molecular complexity index is 1050. The molecule has 28 heavy (non-hydrogen) atoms. The molecular formula is C22H22FN3O2. The van der Waals surface area contributed by atoms with Crippen LogP contribution in [0, 0.1) is 5.82 Å². The van der Waals surface area contributed by atoms with Gasteiger partial charge in [0.1, 0.15) is 30.0 Å². The molecule has 0 unspecified atom stereocenters. The Kier molecular flexibility index (Phi) is 4.81. The van der Waals surface area contributed by atoms with Crippen molar-refractivity contribution in [1.29, 1.82) is 0 Å². The first kappa shape index (κ1) is 18.5. The highest BCUT2D eigenvalue weighted by Crippen LogP contribution is 2.34. The number of rotatable bonds is 4. The number of carbonyl (C=O) groups is 1. The normalized spacial score (nSPS) is 14.2. The summed E-state index contributed by atoms with van der Waals surface area (Å²) in [5.41, 5.74) is 1.90. The molecule has 0 spiro atoms. The Morgan fingerprint density at radius 3 is 2.89 bits per heavy atom. The summed E-state index contributed by atoms with van der Waals surface area (Å²) in [5.74, 6) is 0.247. The predicted molar refractivity (Wildman–Crippen MR) is 105 cm³/mol. The van der Waals surface area contributed by atoms with Crippen LogP contribution in [0.3, 0.4) is 0 Å². The summed E-state index contributed by atoms with van der Waals surface area (Å²) in [6.45, 7) is 5.83. The van der Waals surface area contributed by atoms with Gasteiger partial charge in [0, 0.05) is 35.9 Å². The molecule has 0 radical (unpaired) electrons. The third-order valence-electron chi connectivity index (χ3n) is 5.10. The standard InChI is InChI=1S/C22H22FN3O2/c1-22(2,21-16-7-4-8-17(23)19(16)25-13-26-21)11-18(27)15-6-3-5-14-12-24-9-10-28-20(14)15/h3-8,13,24H,9-12H2,1-2H3. The molecular weight excluding hydrogens is 357 g/mol. The first-order valence-corrected chi connectivity index (χ1v) is 9.36. The number of Topliss-reactive ketones (excluding diaryl/α,β-unsaturated/α-hetero) is 1. The molecule has 4 rings (SSSR count). The van der Waals surface area contributed by atoms with Crippen molar-refractivity contribution in [1.82, 2.24) is 15.3 Å². The number of halogens is 1. The van der Waals surface area contributed by atoms with Gasteiger partial charge in [-0.25, -0.2) is 14.4 Å². The molecule has 2 heterocycles. The van der Waals surface area contributed by atoms with Crippen molar-refractivity contribution < 1.29 is 13.9 Å². The number of nitrogens with zero attached hydrogens (tertiary/aromatic N) is 2. The quantitative estimate of drug-likeness (QED) is 0.699. The zero-order chi connectivity index (χ0) is 19.7. The van der Waals surface area contributed by atoms with Crippen LogP contribution in [-0.2, 0) is 12.0 Å². The average Bonchev–Trinajstić information content (AvgIpc) is 2.93. The Hall–Kier alpha value is -2.86. The van der Waals surface area contributed by atoms with Gasteiger partial charge in [0.15, 0.2) is 5.78 Å². The van der Waals surface area contributed by atoms with Crippen molar-refractivity contribution in [3.05, 3.63) is 65.4 Å². The van der Waals surface area contributed by atoms with Crippen molar-refractivity contribution in [3.8, 4) is 5.75 Å². The Labute approximate surface area is 163 Å². The van der Waals surface area contributed by atoms with Crippen LogP contribution >= 0.6 is 0 Å². The Balaban J connectivity index is 1.70. The lowest BCUT2D eigenvalue weighted by Crippen LogP contribution is -2.24. The van der Waals surface area contributed by atoms with Gasteiger partial charge in [0.05, 0.1) is 11.3 Å². The summed E-state index contributed by atoms with van der Waals surface area (Å²) in [4.78, 5) is 21.7. The van der Waals surface area contributed by atoms with E-state index in [9.17, 15) is 9.18 Å². The van der Waals surface area contributed by atoms with Crippen LogP contribution in [0.4, 0.5) is 4.39 Å². The van der Waals surface area contributed by atoms with E-state index in [-0.39, 0.29) is 17.7 Å². The van der Waals surface area contributed by atoms with Crippen molar-refractivity contribution in [2.45, 2.75) is 32.2 Å². The number of nitrogens with one attached hydrogen (secondary N) is 1. The number of hydrogen-bond acceptors (Lipinski definition) is 5. The molecule has 0 saturated heterocycles. The summed E-state index contributed by atoms with van der Waals surface area (Å²) in [5, 5.41) is 3.91. The third kappa shape index (κ3) is 3.36. The third-order valence-corrected chi connectivity index (χ3v) is 5.10. The van der Waals surface area contributed by atoms with Gasteiger partial charge in [-0.2, -0.15) is 0 Å². The van der Waals surface area contributed by atoms with E-state index in [0.717, 1.165) is 12.1 Å². The number of benzene rings is 2. The molecule has 3 aromatic rings. The molecule has 0 amide bonds. The molecule has 6 heteroatoms. The zero-order valence-corrected chi connectivity index (χ0v) is 16.0. The fraction of sp³-hybridized carbons (Fsp3) is 0.318. The van der Waals surface area contributed by atoms with Crippen LogP contribution in [0.15, 0.2) is 42.7 Å². The lowest BCUT2D eigenvalue weighted by molar-refractivity contribution is 0.0953. The average molecular weight is 379 g/mol. The second-order valence-corrected chi connectivity index (χ2v) is 7.66. The molecule has 0 atom stereocenters. The van der Waals surface area contributed by atoms with E-state index in [2.05, 4.69) is 15.3 Å². The monoisotopic (exact) mass is 379 g/mol. The van der Waals surface area contributed by atoms with Gasteiger partial charge in [-0.1, -0.05) is 38.1 Å². The zero-order valence-electron chi connectivity index (χ0n) is 16.0. The van der Waals surface area contributed by atoms with Crippen molar-refractivity contribution in [3.63, 3.8) is 0 Å². The topological polar surface area (TPSA) is 64.1 Å². The lowest BCUT2D eigenvalue weighted by Gasteiger charge is -2.25. The van der Waals surface area contributed by atoms with Gasteiger partial charge in [-0.15, -0.1) is 0 Å². The molecule has 2 aromatic carbocycles. The molecule has 0 bridgehead atoms. The second kappa shape index (κ2) is 7.28. The molecule has 1 aliphatic rings. The predicted octanol–water partition coefficient (Wildman–Crippen LogP) is 3.80. The maximum absolute atomic E-state index is 14.1. The Morgan fingerprint density at radius 1 is 1.21 bits per heavy atom. The molecule has 0 saturated carbocycles. The number of hydrogen-bond donors (Lipinski definition) is 1. The van der Waals surface area contributed by atoms with E-state index in [1.807, 2.05) is 26.0 Å². The molecule has 1 aromatic heterocycles. The summed E-state index contributed by atoms with van der Waals surface area (Å²) < 4.78 is 20.0. The van der Waals surface area contributed by atoms with Crippen LogP contribution in [0.2, 0.25) is 0 Å². The van der Waals surface area contributed by atoms with Gasteiger partial charge < -0.3 is 10.1 Å². The van der Waals surface area contributed by atoms with Gasteiger partial charge in [0.25, 0.3) is 0 Å². The largest absolute Gasteiger partial charge is 0.491 e. The summed E-state index contributed by atoms with van der Waals surface area (Å²) in [6, 6.07) is 10.5. The highest BCUT2D eigenvalue weighted by atomic mass is 19.1. The summed E-state index contributed by atoms with van der Waals surface area (Å²) in [6.07, 6.45) is 1.58. The van der Waals surface area contributed by atoms with Crippen LogP contribution in [0.25, 0.3) is 10.9 Å². The van der Waals surface area contributed by atoms with E-state index in [0.29, 0.717) is 35.5 Å². The number of ketones is 1. The van der Waals surface area contributed by atoms with Crippen molar-refractivity contribution in [2.24, 2.45) is 0 Å². The first-order valence-electron chi connectivity index (χ1n) is 9.36. The highest BCUT2D eigenvalue weighted by molar-refractivity contribution is 6.00. The summed E-state index contributed by atoms with van der Waals surface area (Å²) in [7, 11) is 0. The van der Waals surface area contributed by atoms with Crippen LogP contribution in [0.5, 0.6) is 5.75 Å². The van der Waals surface area contributed by atoms with Crippen molar-refractivity contribution >= 4 is 16.7 Å². The van der Waals surface area contributed by atoms with Crippen molar-refractivity contribution in [2.75, 3.05) is 13.2 Å². The summed E-state index contributed by atoms with van der Waals surface area (Å²) >= 11 is 0. The van der Waals surface area contributed by atoms with Gasteiger partial charge >= 0.3 is 0 Å². The second-order valence-electron chi connectivity index (χ2n) is 7.66. The van der Waals surface area contributed by atoms with Gasteiger partial charge in [-0.3, -0.25) is 4.79 Å². The number of aromatic nitrogens is 2. The molecule has 1 aliphatic heterocycles. The maximum Gasteiger partial charge on any atom is 0.167 e. The van der Waals surface area contributed by atoms with Gasteiger partial charge in [-0.05, 0) is 12.1 Å². The van der Waals surface area contributed by atoms with E-state index in [4.69, 9.17) is 4.74 Å². The van der Waals surface area contributed by atoms with Gasteiger partial charge in [0.2, 0.25) is 0 Å². The molecule has 0 aliphatic carbocycles. The smallest absolute Gasteiger partial charge is 0.167 e.